The van der Waals surface area contributed by atoms with Crippen molar-refractivity contribution in [3.63, 3.8) is 0 Å². The van der Waals surface area contributed by atoms with E-state index in [0.717, 1.165) is 44.0 Å². The molecule has 0 radical (unpaired) electrons. The van der Waals surface area contributed by atoms with E-state index in [-0.39, 0.29) is 5.25 Å². The molecular weight excluding hydrogens is 356 g/mol. The highest BCUT2D eigenvalue weighted by molar-refractivity contribution is 7.99. The Labute approximate surface area is 164 Å². The summed E-state index contributed by atoms with van der Waals surface area (Å²) in [4.78, 5) is 2.27. The van der Waals surface area contributed by atoms with Gasteiger partial charge in [-0.15, -0.1) is 10.2 Å². The lowest BCUT2D eigenvalue weighted by molar-refractivity contribution is 0.121. The second-order valence-corrected chi connectivity index (χ2v) is 7.52. The molecule has 5 nitrogen and oxygen atoms in total. The summed E-state index contributed by atoms with van der Waals surface area (Å²) < 4.78 is 7.69. The molecule has 0 aliphatic carbocycles. The van der Waals surface area contributed by atoms with E-state index in [0.29, 0.717) is 0 Å². The van der Waals surface area contributed by atoms with Crippen molar-refractivity contribution in [2.45, 2.75) is 23.9 Å². The summed E-state index contributed by atoms with van der Waals surface area (Å²) in [5.74, 6) is 0.947. The smallest absolute Gasteiger partial charge is 0.228 e. The monoisotopic (exact) mass is 380 g/mol. The Bertz CT molecular complexity index is 808. The van der Waals surface area contributed by atoms with Gasteiger partial charge in [0.2, 0.25) is 5.95 Å². The summed E-state index contributed by atoms with van der Waals surface area (Å²) in [7, 11) is 0. The molecule has 1 aliphatic rings. The van der Waals surface area contributed by atoms with Gasteiger partial charge in [-0.1, -0.05) is 72.4 Å². The van der Waals surface area contributed by atoms with E-state index in [1.807, 2.05) is 0 Å². The molecule has 2 heterocycles. The van der Waals surface area contributed by atoms with Gasteiger partial charge in [0, 0.05) is 19.6 Å². The van der Waals surface area contributed by atoms with Gasteiger partial charge in [-0.05, 0) is 18.1 Å². The lowest BCUT2D eigenvalue weighted by atomic mass is 10.0. The van der Waals surface area contributed by atoms with Crippen LogP contribution in [-0.4, -0.2) is 41.1 Å². The molecule has 4 rings (SSSR count). The highest BCUT2D eigenvalue weighted by Gasteiger charge is 2.23. The highest BCUT2D eigenvalue weighted by Crippen LogP contribution is 2.40. The van der Waals surface area contributed by atoms with Crippen LogP contribution in [0.15, 0.2) is 65.8 Å². The molecule has 0 N–H and O–H groups in total. The maximum atomic E-state index is 5.48. The summed E-state index contributed by atoms with van der Waals surface area (Å²) in [5, 5.41) is 10.2. The van der Waals surface area contributed by atoms with Crippen LogP contribution in [-0.2, 0) is 11.3 Å². The molecule has 1 fully saturated rings. The average molecular weight is 381 g/mol. The van der Waals surface area contributed by atoms with E-state index >= 15 is 0 Å². The van der Waals surface area contributed by atoms with Crippen LogP contribution in [0.25, 0.3) is 0 Å². The Hall–Kier alpha value is -2.31. The van der Waals surface area contributed by atoms with E-state index < -0.39 is 0 Å². The van der Waals surface area contributed by atoms with Crippen molar-refractivity contribution >= 4 is 17.7 Å². The fourth-order valence-electron chi connectivity index (χ4n) is 3.33. The van der Waals surface area contributed by atoms with Gasteiger partial charge in [0.1, 0.15) is 0 Å². The van der Waals surface area contributed by atoms with Crippen LogP contribution in [0.1, 0.15) is 23.3 Å². The largest absolute Gasteiger partial charge is 0.378 e. The van der Waals surface area contributed by atoms with Gasteiger partial charge < -0.3 is 9.64 Å². The lowest BCUT2D eigenvalue weighted by Crippen LogP contribution is -2.38. The van der Waals surface area contributed by atoms with Gasteiger partial charge in [-0.2, -0.15) is 0 Å². The maximum absolute atomic E-state index is 5.48. The van der Waals surface area contributed by atoms with Gasteiger partial charge >= 0.3 is 0 Å². The quantitative estimate of drug-likeness (QED) is 0.605. The molecular formula is C21H24N4OS. The Kier molecular flexibility index (Phi) is 5.75. The second kappa shape index (κ2) is 8.59. The van der Waals surface area contributed by atoms with Crippen LogP contribution in [0, 0.1) is 0 Å². The zero-order valence-electron chi connectivity index (χ0n) is 15.5. The first-order valence-corrected chi connectivity index (χ1v) is 10.3. The van der Waals surface area contributed by atoms with Crippen molar-refractivity contribution in [2.24, 2.45) is 0 Å². The molecule has 1 aliphatic heterocycles. The molecule has 0 spiro atoms. The molecule has 0 saturated carbocycles. The molecule has 0 atom stereocenters. The van der Waals surface area contributed by atoms with Crippen LogP contribution in [0.5, 0.6) is 0 Å². The van der Waals surface area contributed by atoms with Crippen molar-refractivity contribution in [1.82, 2.24) is 14.8 Å². The van der Waals surface area contributed by atoms with Gasteiger partial charge in [-0.25, -0.2) is 0 Å². The van der Waals surface area contributed by atoms with Crippen molar-refractivity contribution in [3.05, 3.63) is 71.8 Å². The maximum Gasteiger partial charge on any atom is 0.228 e. The molecule has 1 aromatic heterocycles. The number of morpholine rings is 1. The first-order valence-electron chi connectivity index (χ1n) is 9.39. The molecule has 1 saturated heterocycles. The highest BCUT2D eigenvalue weighted by atomic mass is 32.2. The average Bonchev–Trinajstić information content (AvgIpc) is 3.16. The Morgan fingerprint density at radius 1 is 0.926 bits per heavy atom. The first-order chi connectivity index (χ1) is 13.4. The van der Waals surface area contributed by atoms with Crippen molar-refractivity contribution in [3.8, 4) is 0 Å². The van der Waals surface area contributed by atoms with E-state index in [1.54, 1.807) is 11.8 Å². The summed E-state index contributed by atoms with van der Waals surface area (Å²) in [6, 6.07) is 21.2. The molecule has 0 unspecified atom stereocenters. The van der Waals surface area contributed by atoms with E-state index in [4.69, 9.17) is 4.74 Å². The fraction of sp³-hybridized carbons (Fsp3) is 0.333. The number of rotatable bonds is 6. The third-order valence-corrected chi connectivity index (χ3v) is 6.03. The SMILES string of the molecule is CCn1c(SC(c2ccccc2)c2ccccc2)nnc1N1CCOCC1. The van der Waals surface area contributed by atoms with Crippen LogP contribution in [0.4, 0.5) is 5.95 Å². The predicted molar refractivity (Wildman–Crippen MR) is 109 cm³/mol. The number of anilines is 1. The minimum Gasteiger partial charge on any atom is -0.378 e. The summed E-state index contributed by atoms with van der Waals surface area (Å²) in [5.41, 5.74) is 2.54. The van der Waals surface area contributed by atoms with Gasteiger partial charge in [0.25, 0.3) is 0 Å². The summed E-state index contributed by atoms with van der Waals surface area (Å²) in [6.07, 6.45) is 0. The third kappa shape index (κ3) is 4.01. The van der Waals surface area contributed by atoms with E-state index in [2.05, 4.69) is 87.3 Å². The second-order valence-electron chi connectivity index (χ2n) is 6.45. The normalized spacial score (nSPS) is 14.7. The Balaban J connectivity index is 1.66. The number of hydrogen-bond acceptors (Lipinski definition) is 5. The molecule has 6 heteroatoms. The number of thioether (sulfide) groups is 1. The van der Waals surface area contributed by atoms with Crippen LogP contribution in [0.3, 0.4) is 0 Å². The number of nitrogens with zero attached hydrogens (tertiary/aromatic N) is 4. The minimum atomic E-state index is 0.180. The minimum absolute atomic E-state index is 0.180. The molecule has 0 amide bonds. The predicted octanol–water partition coefficient (Wildman–Crippen LogP) is 4.02. The third-order valence-electron chi connectivity index (χ3n) is 4.74. The standard InChI is InChI=1S/C21H24N4OS/c1-2-25-20(24-13-15-26-16-14-24)22-23-21(25)27-19(17-9-5-3-6-10-17)18-11-7-4-8-12-18/h3-12,19H,2,13-16H2,1H3. The van der Waals surface area contributed by atoms with Crippen LogP contribution >= 0.6 is 11.8 Å². The van der Waals surface area contributed by atoms with E-state index in [9.17, 15) is 0 Å². The van der Waals surface area contributed by atoms with Crippen LogP contribution < -0.4 is 4.90 Å². The Morgan fingerprint density at radius 3 is 2.07 bits per heavy atom. The van der Waals surface area contributed by atoms with E-state index in [1.165, 1.54) is 11.1 Å². The van der Waals surface area contributed by atoms with Crippen molar-refractivity contribution < 1.29 is 4.74 Å². The van der Waals surface area contributed by atoms with Crippen LogP contribution in [0.2, 0.25) is 0 Å². The lowest BCUT2D eigenvalue weighted by Gasteiger charge is -2.27. The molecule has 0 bridgehead atoms. The molecule has 27 heavy (non-hydrogen) atoms. The van der Waals surface area contributed by atoms with Gasteiger partial charge in [0.15, 0.2) is 5.16 Å². The van der Waals surface area contributed by atoms with Gasteiger partial charge in [-0.3, -0.25) is 4.57 Å². The topological polar surface area (TPSA) is 43.2 Å². The molecule has 140 valence electrons. The number of hydrogen-bond donors (Lipinski definition) is 0. The number of aromatic nitrogens is 3. The zero-order chi connectivity index (χ0) is 18.5. The van der Waals surface area contributed by atoms with Crippen molar-refractivity contribution in [1.29, 1.82) is 0 Å². The first kappa shape index (κ1) is 18.1. The Morgan fingerprint density at radius 2 is 1.52 bits per heavy atom. The van der Waals surface area contributed by atoms with Gasteiger partial charge in [0.05, 0.1) is 18.5 Å². The van der Waals surface area contributed by atoms with Crippen molar-refractivity contribution in [2.75, 3.05) is 31.2 Å². The fourth-order valence-corrected chi connectivity index (χ4v) is 4.56. The zero-order valence-corrected chi connectivity index (χ0v) is 16.3. The number of benzene rings is 2. The molecule has 3 aromatic rings. The molecule has 2 aromatic carbocycles. The summed E-state index contributed by atoms with van der Waals surface area (Å²) in [6.45, 7) is 6.22. The number of ether oxygens (including phenoxy) is 1. The summed E-state index contributed by atoms with van der Waals surface area (Å²) >= 11 is 1.76.